The molecule has 0 saturated carbocycles. The second kappa shape index (κ2) is 10.9. The number of carbonyl (C=O) groups is 2. The number of pyridine rings is 1. The third-order valence-electron chi connectivity index (χ3n) is 6.05. The van der Waals surface area contributed by atoms with E-state index in [1.54, 1.807) is 42.4 Å². The number of carbonyl (C=O) groups excluding carboxylic acids is 2. The van der Waals surface area contributed by atoms with E-state index in [1.165, 1.54) is 11.8 Å². The molecule has 0 saturated heterocycles. The number of fused-ring (bicyclic) bond motifs is 1. The van der Waals surface area contributed by atoms with Crippen LogP contribution in [0.3, 0.4) is 0 Å². The van der Waals surface area contributed by atoms with E-state index in [2.05, 4.69) is 20.3 Å². The Morgan fingerprint density at radius 1 is 1.11 bits per heavy atom. The van der Waals surface area contributed by atoms with E-state index in [9.17, 15) is 9.59 Å². The molecule has 2 amide bonds. The lowest BCUT2D eigenvalue weighted by Crippen LogP contribution is -2.57. The number of aromatic nitrogens is 3. The van der Waals surface area contributed by atoms with Gasteiger partial charge in [0, 0.05) is 42.1 Å². The molecule has 3 aromatic rings. The van der Waals surface area contributed by atoms with Gasteiger partial charge in [0.2, 0.25) is 18.6 Å². The van der Waals surface area contributed by atoms with Gasteiger partial charge in [-0.05, 0) is 57.0 Å². The Morgan fingerprint density at radius 3 is 2.56 bits per heavy atom. The van der Waals surface area contributed by atoms with Crippen LogP contribution in [-0.4, -0.2) is 49.8 Å². The number of nitrogens with one attached hydrogen (secondary N) is 1. The van der Waals surface area contributed by atoms with Crippen LogP contribution in [0.5, 0.6) is 11.5 Å². The molecule has 1 unspecified atom stereocenters. The van der Waals surface area contributed by atoms with Gasteiger partial charge < -0.3 is 19.7 Å². The summed E-state index contributed by atoms with van der Waals surface area (Å²) in [6.45, 7) is 7.84. The summed E-state index contributed by atoms with van der Waals surface area (Å²) in [5.74, 6) is 0.797. The van der Waals surface area contributed by atoms with E-state index in [4.69, 9.17) is 9.47 Å². The maximum absolute atomic E-state index is 13.6. The predicted molar refractivity (Wildman–Crippen MR) is 137 cm³/mol. The van der Waals surface area contributed by atoms with Gasteiger partial charge in [0.1, 0.15) is 5.54 Å². The summed E-state index contributed by atoms with van der Waals surface area (Å²) in [5.41, 5.74) is 1.94. The standard InChI is InChI=1S/C26H29N5O4S/c1-5-26(4,24(33)30-20-8-9-21-22(12-20)35-16-34-21)31(14-19-7-6-10-27-13-19)23(32)15-36-25-28-17(2)11-18(3)29-25/h6-13H,5,14-16H2,1-4H3,(H,30,33). The quantitative estimate of drug-likeness (QED) is 0.340. The number of aryl methyl sites for hydroxylation is 2. The average molecular weight is 508 g/mol. The molecular weight excluding hydrogens is 478 g/mol. The van der Waals surface area contributed by atoms with Crippen LogP contribution in [0.25, 0.3) is 0 Å². The van der Waals surface area contributed by atoms with Crippen LogP contribution in [0.15, 0.2) is 53.9 Å². The van der Waals surface area contributed by atoms with Gasteiger partial charge in [0.25, 0.3) is 0 Å². The summed E-state index contributed by atoms with van der Waals surface area (Å²) in [6, 6.07) is 10.8. The molecule has 4 rings (SSSR count). The van der Waals surface area contributed by atoms with Gasteiger partial charge in [-0.2, -0.15) is 0 Å². The number of rotatable bonds is 9. The van der Waals surface area contributed by atoms with E-state index in [0.717, 1.165) is 17.0 Å². The number of anilines is 1. The number of hydrogen-bond acceptors (Lipinski definition) is 8. The first kappa shape index (κ1) is 25.4. The Morgan fingerprint density at radius 2 is 1.86 bits per heavy atom. The van der Waals surface area contributed by atoms with Gasteiger partial charge in [-0.15, -0.1) is 0 Å². The molecule has 1 N–H and O–H groups in total. The number of thioether (sulfide) groups is 1. The molecular formula is C26H29N5O4S. The molecule has 0 spiro atoms. The van der Waals surface area contributed by atoms with Crippen molar-refractivity contribution in [3.05, 3.63) is 65.7 Å². The highest BCUT2D eigenvalue weighted by atomic mass is 32.2. The van der Waals surface area contributed by atoms with Crippen LogP contribution in [0.2, 0.25) is 0 Å². The van der Waals surface area contributed by atoms with Gasteiger partial charge in [0.05, 0.1) is 5.75 Å². The van der Waals surface area contributed by atoms with Crippen molar-refractivity contribution in [2.75, 3.05) is 17.9 Å². The Balaban J connectivity index is 1.57. The smallest absolute Gasteiger partial charge is 0.250 e. The van der Waals surface area contributed by atoms with Gasteiger partial charge in [-0.3, -0.25) is 14.6 Å². The van der Waals surface area contributed by atoms with Crippen LogP contribution in [0, 0.1) is 13.8 Å². The number of amides is 2. The molecule has 1 atom stereocenters. The van der Waals surface area contributed by atoms with Gasteiger partial charge in [-0.1, -0.05) is 24.8 Å². The SMILES string of the molecule is CCC(C)(C(=O)Nc1ccc2c(c1)OCO2)N(Cc1cccnc1)C(=O)CSc1nc(C)cc(C)n1. The summed E-state index contributed by atoms with van der Waals surface area (Å²) in [5, 5.41) is 3.49. The first-order valence-corrected chi connectivity index (χ1v) is 12.6. The Hall–Kier alpha value is -3.66. The molecule has 0 aliphatic carbocycles. The summed E-state index contributed by atoms with van der Waals surface area (Å²) in [4.78, 5) is 41.9. The molecule has 9 nitrogen and oxygen atoms in total. The number of nitrogens with zero attached hydrogens (tertiary/aromatic N) is 4. The van der Waals surface area contributed by atoms with Crippen LogP contribution >= 0.6 is 11.8 Å². The van der Waals surface area contributed by atoms with Crippen molar-refractivity contribution in [3.8, 4) is 11.5 Å². The minimum atomic E-state index is -1.13. The van der Waals surface area contributed by atoms with E-state index in [-0.39, 0.29) is 30.9 Å². The first-order valence-electron chi connectivity index (χ1n) is 11.6. The molecule has 0 fully saturated rings. The molecule has 1 aliphatic heterocycles. The minimum absolute atomic E-state index is 0.0933. The lowest BCUT2D eigenvalue weighted by molar-refractivity contribution is -0.143. The molecule has 1 aromatic carbocycles. The molecule has 3 heterocycles. The summed E-state index contributed by atoms with van der Waals surface area (Å²) in [6.07, 6.45) is 3.78. The molecule has 36 heavy (non-hydrogen) atoms. The molecule has 2 aromatic heterocycles. The second-order valence-corrected chi connectivity index (χ2v) is 9.66. The largest absolute Gasteiger partial charge is 0.454 e. The fourth-order valence-corrected chi connectivity index (χ4v) is 4.71. The summed E-state index contributed by atoms with van der Waals surface area (Å²) < 4.78 is 10.8. The lowest BCUT2D eigenvalue weighted by atomic mass is 9.93. The van der Waals surface area contributed by atoms with Crippen molar-refractivity contribution >= 4 is 29.3 Å². The molecule has 1 aliphatic rings. The Labute approximate surface area is 214 Å². The van der Waals surface area contributed by atoms with E-state index < -0.39 is 5.54 Å². The second-order valence-electron chi connectivity index (χ2n) is 8.71. The van der Waals surface area contributed by atoms with Crippen molar-refractivity contribution in [2.24, 2.45) is 0 Å². The maximum atomic E-state index is 13.6. The zero-order valence-electron chi connectivity index (χ0n) is 20.8. The number of benzene rings is 1. The first-order chi connectivity index (χ1) is 17.3. The highest BCUT2D eigenvalue weighted by Crippen LogP contribution is 2.35. The summed E-state index contributed by atoms with van der Waals surface area (Å²) >= 11 is 1.26. The third kappa shape index (κ3) is 5.76. The highest BCUT2D eigenvalue weighted by Gasteiger charge is 2.41. The molecule has 10 heteroatoms. The van der Waals surface area contributed by atoms with Crippen molar-refractivity contribution in [1.29, 1.82) is 0 Å². The zero-order chi connectivity index (χ0) is 25.7. The minimum Gasteiger partial charge on any atom is -0.454 e. The fourth-order valence-electron chi connectivity index (χ4n) is 3.89. The lowest BCUT2D eigenvalue weighted by Gasteiger charge is -2.39. The van der Waals surface area contributed by atoms with E-state index >= 15 is 0 Å². The van der Waals surface area contributed by atoms with Crippen molar-refractivity contribution in [1.82, 2.24) is 19.9 Å². The van der Waals surface area contributed by atoms with Crippen molar-refractivity contribution < 1.29 is 19.1 Å². The van der Waals surface area contributed by atoms with Gasteiger partial charge in [0.15, 0.2) is 16.7 Å². The number of ether oxygens (including phenoxy) is 2. The van der Waals surface area contributed by atoms with E-state index in [1.807, 2.05) is 39.0 Å². The Kier molecular flexibility index (Phi) is 7.73. The summed E-state index contributed by atoms with van der Waals surface area (Å²) in [7, 11) is 0. The van der Waals surface area contributed by atoms with Crippen LogP contribution in [0.4, 0.5) is 5.69 Å². The average Bonchev–Trinajstić information content (AvgIpc) is 3.33. The number of hydrogen-bond donors (Lipinski definition) is 1. The Bertz CT molecular complexity index is 1240. The fraction of sp³-hybridized carbons (Fsp3) is 0.346. The zero-order valence-corrected chi connectivity index (χ0v) is 21.6. The monoisotopic (exact) mass is 507 g/mol. The van der Waals surface area contributed by atoms with E-state index in [0.29, 0.717) is 28.8 Å². The third-order valence-corrected chi connectivity index (χ3v) is 6.89. The molecule has 188 valence electrons. The topological polar surface area (TPSA) is 107 Å². The van der Waals surface area contributed by atoms with Crippen LogP contribution < -0.4 is 14.8 Å². The highest BCUT2D eigenvalue weighted by molar-refractivity contribution is 7.99. The van der Waals surface area contributed by atoms with Crippen LogP contribution in [0.1, 0.15) is 37.2 Å². The van der Waals surface area contributed by atoms with Gasteiger partial charge in [-0.25, -0.2) is 9.97 Å². The van der Waals surface area contributed by atoms with Crippen molar-refractivity contribution in [3.63, 3.8) is 0 Å². The molecule has 0 radical (unpaired) electrons. The predicted octanol–water partition coefficient (Wildman–Crippen LogP) is 4.15. The van der Waals surface area contributed by atoms with Crippen LogP contribution in [-0.2, 0) is 16.1 Å². The van der Waals surface area contributed by atoms with Gasteiger partial charge >= 0.3 is 0 Å². The maximum Gasteiger partial charge on any atom is 0.250 e. The molecule has 0 bridgehead atoms. The van der Waals surface area contributed by atoms with Crippen molar-refractivity contribution in [2.45, 2.75) is 51.4 Å². The normalized spacial score (nSPS) is 13.7.